The highest BCUT2D eigenvalue weighted by Gasteiger charge is 2.34. The van der Waals surface area contributed by atoms with Crippen LogP contribution in [-0.4, -0.2) is 22.1 Å². The van der Waals surface area contributed by atoms with Crippen molar-refractivity contribution in [3.05, 3.63) is 59.7 Å². The molecule has 1 atom stereocenters. The Kier molecular flexibility index (Phi) is 3.47. The van der Waals surface area contributed by atoms with Crippen LogP contribution in [0.5, 0.6) is 0 Å². The SMILES string of the molecule is CCOC1c2ccccc2N(C)S(=O)(=O)c2ccccc21. The van der Waals surface area contributed by atoms with Crippen molar-refractivity contribution in [3.8, 4) is 0 Å². The lowest BCUT2D eigenvalue weighted by molar-refractivity contribution is 0.0901. The number of anilines is 1. The number of hydrogen-bond donors (Lipinski definition) is 0. The molecule has 0 aromatic heterocycles. The molecule has 0 bridgehead atoms. The van der Waals surface area contributed by atoms with Gasteiger partial charge in [0.05, 0.1) is 10.6 Å². The number of rotatable bonds is 2. The summed E-state index contributed by atoms with van der Waals surface area (Å²) in [6.07, 6.45) is -0.373. The number of nitrogens with zero attached hydrogens (tertiary/aromatic N) is 1. The molecule has 0 fully saturated rings. The Labute approximate surface area is 125 Å². The average molecular weight is 303 g/mol. The summed E-state index contributed by atoms with van der Waals surface area (Å²) in [6.45, 7) is 2.42. The fourth-order valence-electron chi connectivity index (χ4n) is 2.72. The van der Waals surface area contributed by atoms with E-state index >= 15 is 0 Å². The van der Waals surface area contributed by atoms with E-state index in [0.717, 1.165) is 5.56 Å². The standard InChI is InChI=1S/C16H17NO3S/c1-3-20-16-12-8-4-6-10-14(12)17(2)21(18,19)15-11-7-5-9-13(15)16/h4-11,16H,3H2,1-2H3. The Morgan fingerprint density at radius 3 is 2.38 bits per heavy atom. The fourth-order valence-corrected chi connectivity index (χ4v) is 4.16. The van der Waals surface area contributed by atoms with Crippen LogP contribution in [-0.2, 0) is 14.8 Å². The molecule has 2 aromatic rings. The van der Waals surface area contributed by atoms with Gasteiger partial charge in [-0.2, -0.15) is 0 Å². The molecule has 0 spiro atoms. The van der Waals surface area contributed by atoms with Crippen molar-refractivity contribution in [2.45, 2.75) is 17.9 Å². The van der Waals surface area contributed by atoms with E-state index in [1.807, 2.05) is 43.3 Å². The van der Waals surface area contributed by atoms with Gasteiger partial charge in [-0.05, 0) is 19.1 Å². The summed E-state index contributed by atoms with van der Waals surface area (Å²) in [4.78, 5) is 0.308. The first-order valence-electron chi connectivity index (χ1n) is 6.85. The van der Waals surface area contributed by atoms with Crippen molar-refractivity contribution >= 4 is 15.7 Å². The van der Waals surface area contributed by atoms with Gasteiger partial charge in [0.1, 0.15) is 6.10 Å². The molecule has 0 radical (unpaired) electrons. The van der Waals surface area contributed by atoms with Gasteiger partial charge in [0.15, 0.2) is 0 Å². The van der Waals surface area contributed by atoms with Crippen molar-refractivity contribution in [1.29, 1.82) is 0 Å². The third-order valence-corrected chi connectivity index (χ3v) is 5.58. The lowest BCUT2D eigenvalue weighted by atomic mass is 9.99. The number of hydrogen-bond acceptors (Lipinski definition) is 3. The van der Waals surface area contributed by atoms with Gasteiger partial charge in [0.25, 0.3) is 10.0 Å². The highest BCUT2D eigenvalue weighted by atomic mass is 32.2. The summed E-state index contributed by atoms with van der Waals surface area (Å²) >= 11 is 0. The number of benzene rings is 2. The third kappa shape index (κ3) is 2.13. The van der Waals surface area contributed by atoms with E-state index in [1.165, 1.54) is 4.31 Å². The molecule has 3 rings (SSSR count). The van der Waals surface area contributed by atoms with E-state index in [1.54, 1.807) is 19.2 Å². The molecule has 0 saturated heterocycles. The maximum absolute atomic E-state index is 12.8. The molecule has 2 aromatic carbocycles. The molecule has 110 valence electrons. The summed E-state index contributed by atoms with van der Waals surface area (Å²) in [5.41, 5.74) is 2.22. The van der Waals surface area contributed by atoms with Crippen LogP contribution in [0.1, 0.15) is 24.2 Å². The van der Waals surface area contributed by atoms with Gasteiger partial charge in [-0.3, -0.25) is 4.31 Å². The Morgan fingerprint density at radius 2 is 1.67 bits per heavy atom. The van der Waals surface area contributed by atoms with E-state index in [0.29, 0.717) is 22.8 Å². The predicted octanol–water partition coefficient (Wildman–Crippen LogP) is 2.95. The normalized spacial score (nSPS) is 19.5. The average Bonchev–Trinajstić information content (AvgIpc) is 2.57. The summed E-state index contributed by atoms with van der Waals surface area (Å²) in [7, 11) is -1.99. The van der Waals surface area contributed by atoms with Crippen molar-refractivity contribution < 1.29 is 13.2 Å². The van der Waals surface area contributed by atoms with Gasteiger partial charge in [0.2, 0.25) is 0 Å². The van der Waals surface area contributed by atoms with Crippen molar-refractivity contribution in [1.82, 2.24) is 0 Å². The van der Waals surface area contributed by atoms with E-state index < -0.39 is 10.0 Å². The maximum Gasteiger partial charge on any atom is 0.264 e. The molecule has 1 aliphatic heterocycles. The first kappa shape index (κ1) is 14.1. The van der Waals surface area contributed by atoms with Gasteiger partial charge in [-0.1, -0.05) is 36.4 Å². The maximum atomic E-state index is 12.8. The molecule has 0 amide bonds. The van der Waals surface area contributed by atoms with Crippen LogP contribution < -0.4 is 4.31 Å². The lowest BCUT2D eigenvalue weighted by Gasteiger charge is -2.20. The largest absolute Gasteiger partial charge is 0.369 e. The second-order valence-corrected chi connectivity index (χ2v) is 6.84. The van der Waals surface area contributed by atoms with Gasteiger partial charge < -0.3 is 4.74 Å². The van der Waals surface area contributed by atoms with Gasteiger partial charge in [-0.15, -0.1) is 0 Å². The van der Waals surface area contributed by atoms with Crippen LogP contribution in [0.2, 0.25) is 0 Å². The minimum Gasteiger partial charge on any atom is -0.369 e. The zero-order valence-electron chi connectivity index (χ0n) is 12.0. The lowest BCUT2D eigenvalue weighted by Crippen LogP contribution is -2.26. The zero-order valence-corrected chi connectivity index (χ0v) is 12.8. The van der Waals surface area contributed by atoms with Crippen molar-refractivity contribution in [3.63, 3.8) is 0 Å². The first-order chi connectivity index (χ1) is 10.1. The van der Waals surface area contributed by atoms with Crippen LogP contribution >= 0.6 is 0 Å². The second-order valence-electron chi connectivity index (χ2n) is 4.90. The molecule has 1 aliphatic rings. The third-order valence-electron chi connectivity index (χ3n) is 3.73. The minimum atomic E-state index is -3.57. The first-order valence-corrected chi connectivity index (χ1v) is 8.29. The highest BCUT2D eigenvalue weighted by Crippen LogP contribution is 2.41. The van der Waals surface area contributed by atoms with Crippen LogP contribution in [0, 0.1) is 0 Å². The molecular formula is C16H17NO3S. The Hall–Kier alpha value is -1.85. The molecule has 4 nitrogen and oxygen atoms in total. The van der Waals surface area contributed by atoms with E-state index in [-0.39, 0.29) is 6.10 Å². The molecule has 1 heterocycles. The molecule has 1 unspecified atom stereocenters. The smallest absolute Gasteiger partial charge is 0.264 e. The summed E-state index contributed by atoms with van der Waals surface area (Å²) in [6, 6.07) is 14.5. The van der Waals surface area contributed by atoms with E-state index in [4.69, 9.17) is 4.74 Å². The van der Waals surface area contributed by atoms with Crippen molar-refractivity contribution in [2.24, 2.45) is 0 Å². The summed E-state index contributed by atoms with van der Waals surface area (Å²) in [5, 5.41) is 0. The predicted molar refractivity (Wildman–Crippen MR) is 81.9 cm³/mol. The number of para-hydroxylation sites is 1. The highest BCUT2D eigenvalue weighted by molar-refractivity contribution is 7.92. The van der Waals surface area contributed by atoms with Crippen LogP contribution in [0.4, 0.5) is 5.69 Å². The molecule has 5 heteroatoms. The molecular weight excluding hydrogens is 286 g/mol. The van der Waals surface area contributed by atoms with Gasteiger partial charge >= 0.3 is 0 Å². The topological polar surface area (TPSA) is 46.6 Å². The number of fused-ring (bicyclic) bond motifs is 2. The monoisotopic (exact) mass is 303 g/mol. The minimum absolute atomic E-state index is 0.308. The van der Waals surface area contributed by atoms with E-state index in [2.05, 4.69) is 0 Å². The molecule has 0 saturated carbocycles. The van der Waals surface area contributed by atoms with Gasteiger partial charge in [-0.25, -0.2) is 8.42 Å². The summed E-state index contributed by atoms with van der Waals surface area (Å²) in [5.74, 6) is 0. The quantitative estimate of drug-likeness (QED) is 0.857. The van der Waals surface area contributed by atoms with E-state index in [9.17, 15) is 8.42 Å². The Morgan fingerprint density at radius 1 is 1.05 bits per heavy atom. The molecule has 21 heavy (non-hydrogen) atoms. The van der Waals surface area contributed by atoms with Crippen molar-refractivity contribution in [2.75, 3.05) is 18.0 Å². The van der Waals surface area contributed by atoms with Crippen LogP contribution in [0.25, 0.3) is 0 Å². The van der Waals surface area contributed by atoms with Crippen LogP contribution in [0.3, 0.4) is 0 Å². The number of sulfonamides is 1. The number of ether oxygens (including phenoxy) is 1. The van der Waals surface area contributed by atoms with Crippen LogP contribution in [0.15, 0.2) is 53.4 Å². The molecule has 0 aliphatic carbocycles. The zero-order chi connectivity index (χ0) is 15.0. The summed E-state index contributed by atoms with van der Waals surface area (Å²) < 4.78 is 32.8. The Bertz CT molecular complexity index is 771. The Balaban J connectivity index is 2.37. The molecule has 0 N–H and O–H groups in total. The van der Waals surface area contributed by atoms with Gasteiger partial charge in [0, 0.05) is 24.8 Å². The fraction of sp³-hybridized carbons (Fsp3) is 0.250. The second kappa shape index (κ2) is 5.16.